The van der Waals surface area contributed by atoms with Crippen molar-refractivity contribution < 1.29 is 0 Å². The van der Waals surface area contributed by atoms with Crippen molar-refractivity contribution in [3.05, 3.63) is 23.3 Å². The van der Waals surface area contributed by atoms with Crippen molar-refractivity contribution in [2.24, 2.45) is 5.84 Å². The number of anilines is 2. The third-order valence-electron chi connectivity index (χ3n) is 2.75. The van der Waals surface area contributed by atoms with E-state index < -0.39 is 0 Å². The fraction of sp³-hybridized carbons (Fsp3) is 0.273. The number of hydrazine groups is 1. The van der Waals surface area contributed by atoms with Gasteiger partial charge in [0.15, 0.2) is 0 Å². The van der Waals surface area contributed by atoms with Crippen LogP contribution in [0.3, 0.4) is 0 Å². The average molecular weight is 290 g/mol. The number of rotatable bonds is 5. The van der Waals surface area contributed by atoms with Crippen LogP contribution in [0.4, 0.5) is 11.8 Å². The lowest BCUT2D eigenvalue weighted by Gasteiger charge is -2.08. The average Bonchev–Trinajstić information content (AvgIpc) is 3.06. The number of nitrogens with zero attached hydrogens (tertiary/aromatic N) is 5. The van der Waals surface area contributed by atoms with Crippen LogP contribution in [-0.4, -0.2) is 31.5 Å². The second-order valence-electron chi connectivity index (χ2n) is 4.21. The molecule has 3 rings (SSSR count). The van der Waals surface area contributed by atoms with Crippen LogP contribution >= 0.6 is 11.3 Å². The first-order valence-electron chi connectivity index (χ1n) is 6.09. The van der Waals surface area contributed by atoms with Crippen LogP contribution < -0.4 is 16.6 Å². The molecular weight excluding hydrogens is 276 g/mol. The lowest BCUT2D eigenvalue weighted by molar-refractivity contribution is 0.608. The van der Waals surface area contributed by atoms with Crippen LogP contribution in [0.2, 0.25) is 0 Å². The number of thiophene rings is 1. The van der Waals surface area contributed by atoms with Crippen molar-refractivity contribution in [1.82, 2.24) is 25.0 Å². The van der Waals surface area contributed by atoms with Crippen molar-refractivity contribution in [1.29, 1.82) is 0 Å². The summed E-state index contributed by atoms with van der Waals surface area (Å²) in [7, 11) is 0. The molecule has 0 aliphatic carbocycles. The molecule has 3 heterocycles. The maximum Gasteiger partial charge on any atom is 0.240 e. The highest BCUT2D eigenvalue weighted by atomic mass is 32.1. The van der Waals surface area contributed by atoms with Gasteiger partial charge in [-0.15, -0.1) is 16.4 Å². The molecule has 8 nitrogen and oxygen atoms in total. The molecule has 0 bridgehead atoms. The van der Waals surface area contributed by atoms with Crippen LogP contribution in [0.15, 0.2) is 18.5 Å². The van der Waals surface area contributed by atoms with E-state index in [1.807, 2.05) is 13.1 Å². The number of fused-ring (bicyclic) bond motifs is 1. The number of hydrogen-bond donors (Lipinski definition) is 3. The molecular formula is C11H14N8S. The van der Waals surface area contributed by atoms with Gasteiger partial charge in [-0.2, -0.15) is 4.98 Å². The Bertz CT molecular complexity index is 705. The summed E-state index contributed by atoms with van der Waals surface area (Å²) in [5, 5.41) is 12.0. The van der Waals surface area contributed by atoms with Crippen molar-refractivity contribution in [3.8, 4) is 0 Å². The molecule has 0 saturated carbocycles. The van der Waals surface area contributed by atoms with Gasteiger partial charge < -0.3 is 5.32 Å². The maximum absolute atomic E-state index is 5.40. The summed E-state index contributed by atoms with van der Waals surface area (Å²) in [5.41, 5.74) is 2.49. The molecule has 0 atom stereocenters. The van der Waals surface area contributed by atoms with Gasteiger partial charge in [0.05, 0.1) is 18.1 Å². The van der Waals surface area contributed by atoms with E-state index in [9.17, 15) is 0 Å². The summed E-state index contributed by atoms with van der Waals surface area (Å²) in [6, 6.07) is 2.07. The van der Waals surface area contributed by atoms with Gasteiger partial charge in [-0.25, -0.2) is 10.8 Å². The summed E-state index contributed by atoms with van der Waals surface area (Å²) < 4.78 is 1.76. The molecule has 4 N–H and O–H groups in total. The highest BCUT2D eigenvalue weighted by molar-refractivity contribution is 7.18. The van der Waals surface area contributed by atoms with E-state index in [1.165, 1.54) is 4.88 Å². The van der Waals surface area contributed by atoms with Gasteiger partial charge in [-0.1, -0.05) is 5.21 Å². The van der Waals surface area contributed by atoms with Gasteiger partial charge in [-0.3, -0.25) is 10.1 Å². The van der Waals surface area contributed by atoms with E-state index in [-0.39, 0.29) is 0 Å². The van der Waals surface area contributed by atoms with Crippen LogP contribution in [0.25, 0.3) is 10.2 Å². The standard InChI is InChI=1S/C11H14N8S/c1-7-6-8-9(13-2-4-19-5-3-14-18-19)15-11(17-12)16-10(8)20-7/h3,5-6H,2,4,12H2,1H3,(H2,13,15,16,17). The summed E-state index contributed by atoms with van der Waals surface area (Å²) in [5.74, 6) is 6.58. The van der Waals surface area contributed by atoms with Gasteiger partial charge in [-0.05, 0) is 13.0 Å². The van der Waals surface area contributed by atoms with E-state index in [2.05, 4.69) is 37.1 Å². The Morgan fingerprint density at radius 3 is 3.05 bits per heavy atom. The molecule has 0 radical (unpaired) electrons. The predicted octanol–water partition coefficient (Wildman–Crippen LogP) is 0.989. The Morgan fingerprint density at radius 1 is 1.40 bits per heavy atom. The first kappa shape index (κ1) is 12.8. The van der Waals surface area contributed by atoms with Crippen molar-refractivity contribution >= 4 is 33.3 Å². The molecule has 0 fully saturated rings. The lowest BCUT2D eigenvalue weighted by atomic mass is 10.3. The summed E-state index contributed by atoms with van der Waals surface area (Å²) in [4.78, 5) is 10.8. The Balaban J connectivity index is 1.81. The number of hydrogen-bond acceptors (Lipinski definition) is 8. The number of nitrogens with two attached hydrogens (primary N) is 1. The number of aromatic nitrogens is 5. The monoisotopic (exact) mass is 290 g/mol. The molecule has 0 aromatic carbocycles. The summed E-state index contributed by atoms with van der Waals surface area (Å²) in [6.07, 6.45) is 3.47. The van der Waals surface area contributed by atoms with E-state index >= 15 is 0 Å². The minimum atomic E-state index is 0.405. The molecule has 0 aliphatic rings. The molecule has 0 aliphatic heterocycles. The minimum Gasteiger partial charge on any atom is -0.368 e. The Kier molecular flexibility index (Phi) is 3.44. The third-order valence-corrected chi connectivity index (χ3v) is 3.69. The molecule has 3 aromatic rings. The molecule has 20 heavy (non-hydrogen) atoms. The van der Waals surface area contributed by atoms with Gasteiger partial charge in [0, 0.05) is 17.6 Å². The maximum atomic E-state index is 5.40. The SMILES string of the molecule is Cc1cc2c(NCCn3ccnn3)nc(NN)nc2s1. The van der Waals surface area contributed by atoms with E-state index in [4.69, 9.17) is 5.84 Å². The second-order valence-corrected chi connectivity index (χ2v) is 5.44. The fourth-order valence-corrected chi connectivity index (χ4v) is 2.76. The van der Waals surface area contributed by atoms with Crippen molar-refractivity contribution in [2.45, 2.75) is 13.5 Å². The molecule has 0 unspecified atom stereocenters. The van der Waals surface area contributed by atoms with Crippen LogP contribution in [0.5, 0.6) is 0 Å². The lowest BCUT2D eigenvalue weighted by Crippen LogP contribution is -2.15. The first-order chi connectivity index (χ1) is 9.76. The number of nitrogen functional groups attached to an aromatic ring is 1. The van der Waals surface area contributed by atoms with Gasteiger partial charge in [0.1, 0.15) is 10.6 Å². The van der Waals surface area contributed by atoms with Crippen LogP contribution in [-0.2, 0) is 6.54 Å². The zero-order valence-electron chi connectivity index (χ0n) is 10.9. The molecule has 0 spiro atoms. The van der Waals surface area contributed by atoms with Crippen molar-refractivity contribution in [2.75, 3.05) is 17.3 Å². The van der Waals surface area contributed by atoms with Crippen LogP contribution in [0, 0.1) is 6.92 Å². The van der Waals surface area contributed by atoms with Crippen LogP contribution in [0.1, 0.15) is 4.88 Å². The third kappa shape index (κ3) is 2.53. The zero-order chi connectivity index (χ0) is 13.9. The quantitative estimate of drug-likeness (QED) is 0.475. The first-order valence-corrected chi connectivity index (χ1v) is 6.90. The zero-order valence-corrected chi connectivity index (χ0v) is 11.7. The normalized spacial score (nSPS) is 10.9. The largest absolute Gasteiger partial charge is 0.368 e. The van der Waals surface area contributed by atoms with Gasteiger partial charge in [0.25, 0.3) is 0 Å². The molecule has 3 aromatic heterocycles. The Morgan fingerprint density at radius 2 is 2.30 bits per heavy atom. The number of aryl methyl sites for hydroxylation is 1. The highest BCUT2D eigenvalue weighted by Gasteiger charge is 2.09. The van der Waals surface area contributed by atoms with Gasteiger partial charge in [0.2, 0.25) is 5.95 Å². The molecule has 0 saturated heterocycles. The van der Waals surface area contributed by atoms with Crippen molar-refractivity contribution in [3.63, 3.8) is 0 Å². The number of nitrogens with one attached hydrogen (secondary N) is 2. The summed E-state index contributed by atoms with van der Waals surface area (Å²) in [6.45, 7) is 3.44. The van der Waals surface area contributed by atoms with Gasteiger partial charge >= 0.3 is 0 Å². The topological polar surface area (TPSA) is 107 Å². The fourth-order valence-electron chi connectivity index (χ4n) is 1.88. The van der Waals surface area contributed by atoms with E-state index in [1.54, 1.807) is 22.2 Å². The van der Waals surface area contributed by atoms with E-state index in [0.717, 1.165) is 16.0 Å². The Labute approximate surface area is 119 Å². The predicted molar refractivity (Wildman–Crippen MR) is 78.5 cm³/mol. The smallest absolute Gasteiger partial charge is 0.240 e. The summed E-state index contributed by atoms with van der Waals surface area (Å²) >= 11 is 1.61. The molecule has 104 valence electrons. The highest BCUT2D eigenvalue weighted by Crippen LogP contribution is 2.29. The van der Waals surface area contributed by atoms with E-state index in [0.29, 0.717) is 19.0 Å². The minimum absolute atomic E-state index is 0.405. The molecule has 0 amide bonds. The Hall–Kier alpha value is -2.26. The molecule has 9 heteroatoms. The second kappa shape index (κ2) is 5.39.